The summed E-state index contributed by atoms with van der Waals surface area (Å²) < 4.78 is 5.77. The van der Waals surface area contributed by atoms with Crippen LogP contribution >= 0.6 is 0 Å². The van der Waals surface area contributed by atoms with E-state index in [0.29, 0.717) is 5.75 Å². The van der Waals surface area contributed by atoms with Gasteiger partial charge in [0, 0.05) is 6.42 Å². The number of rotatable bonds is 5. The largest absolute Gasteiger partial charge is 0.425 e. The quantitative estimate of drug-likeness (QED) is 0.336. The lowest BCUT2D eigenvalue weighted by Crippen LogP contribution is -2.49. The maximum atomic E-state index is 13.5. The minimum atomic E-state index is -0.969. The normalized spacial score (nSPS) is 26.6. The van der Waals surface area contributed by atoms with Crippen molar-refractivity contribution in [3.63, 3.8) is 0 Å². The molecule has 2 amide bonds. The van der Waals surface area contributed by atoms with Gasteiger partial charge in [-0.1, -0.05) is 60.7 Å². The van der Waals surface area contributed by atoms with Gasteiger partial charge in [-0.25, -0.2) is 4.79 Å². The summed E-state index contributed by atoms with van der Waals surface area (Å²) in [5, 5.41) is 2.01. The predicted octanol–water partition coefficient (Wildman–Crippen LogP) is 4.39. The molecule has 0 spiro atoms. The third kappa shape index (κ3) is 3.34. The summed E-state index contributed by atoms with van der Waals surface area (Å²) in [6.07, 6.45) is 3.22. The van der Waals surface area contributed by atoms with Gasteiger partial charge in [-0.05, 0) is 59.6 Å². The summed E-state index contributed by atoms with van der Waals surface area (Å²) in [6.45, 7) is 0. The van der Waals surface area contributed by atoms with Gasteiger partial charge in [0.1, 0.15) is 11.8 Å². The lowest BCUT2D eigenvalue weighted by molar-refractivity contribution is -0.154. The molecule has 3 aromatic rings. The molecule has 2 bridgehead atoms. The zero-order valence-corrected chi connectivity index (χ0v) is 18.2. The number of benzene rings is 3. The number of hydrogen-bond donors (Lipinski definition) is 0. The van der Waals surface area contributed by atoms with Crippen molar-refractivity contribution in [2.75, 3.05) is 0 Å². The fourth-order valence-corrected chi connectivity index (χ4v) is 6.27. The van der Waals surface area contributed by atoms with Gasteiger partial charge in [-0.2, -0.15) is 0 Å². The minimum Gasteiger partial charge on any atom is -0.425 e. The number of fused-ring (bicyclic) bond motifs is 6. The molecule has 0 N–H and O–H groups in total. The van der Waals surface area contributed by atoms with Crippen LogP contribution in [-0.4, -0.2) is 28.7 Å². The highest BCUT2D eigenvalue weighted by molar-refractivity contribution is 6.08. The lowest BCUT2D eigenvalue weighted by atomic mass is 9.81. The topological polar surface area (TPSA) is 63.7 Å². The molecule has 2 saturated carbocycles. The Morgan fingerprint density at radius 1 is 0.848 bits per heavy atom. The van der Waals surface area contributed by atoms with Gasteiger partial charge in [-0.3, -0.25) is 14.5 Å². The van der Waals surface area contributed by atoms with E-state index >= 15 is 0 Å². The molecule has 0 radical (unpaired) electrons. The molecule has 2 aliphatic carbocycles. The zero-order valence-electron chi connectivity index (χ0n) is 18.2. The Morgan fingerprint density at radius 3 is 2.18 bits per heavy atom. The predicted molar refractivity (Wildman–Crippen MR) is 123 cm³/mol. The Kier molecular flexibility index (Phi) is 4.79. The second-order valence-electron chi connectivity index (χ2n) is 9.57. The van der Waals surface area contributed by atoms with Gasteiger partial charge < -0.3 is 4.74 Å². The van der Waals surface area contributed by atoms with Gasteiger partial charge in [0.25, 0.3) is 0 Å². The van der Waals surface area contributed by atoms with Crippen molar-refractivity contribution in [3.8, 4) is 5.75 Å². The summed E-state index contributed by atoms with van der Waals surface area (Å²) in [7, 11) is 0. The van der Waals surface area contributed by atoms with Gasteiger partial charge in [0.2, 0.25) is 11.8 Å². The first-order valence-electron chi connectivity index (χ1n) is 11.7. The molecular weight excluding hydrogens is 414 g/mol. The van der Waals surface area contributed by atoms with Crippen molar-refractivity contribution in [2.24, 2.45) is 23.7 Å². The molecule has 1 heterocycles. The van der Waals surface area contributed by atoms with Crippen molar-refractivity contribution in [3.05, 3.63) is 78.4 Å². The van der Waals surface area contributed by atoms with Crippen LogP contribution in [0, 0.1) is 23.7 Å². The molecule has 3 aliphatic rings. The van der Waals surface area contributed by atoms with Crippen LogP contribution in [0.2, 0.25) is 0 Å². The van der Waals surface area contributed by atoms with Crippen LogP contribution in [0.25, 0.3) is 10.8 Å². The monoisotopic (exact) mass is 439 g/mol. The molecule has 0 unspecified atom stereocenters. The Labute approximate surface area is 192 Å². The van der Waals surface area contributed by atoms with Crippen LogP contribution in [0.3, 0.4) is 0 Å². The lowest BCUT2D eigenvalue weighted by Gasteiger charge is -2.26. The van der Waals surface area contributed by atoms with E-state index in [0.717, 1.165) is 35.6 Å². The highest BCUT2D eigenvalue weighted by Gasteiger charge is 2.62. The molecule has 166 valence electrons. The number of nitrogens with zero attached hydrogens (tertiary/aromatic N) is 1. The smallest absolute Gasteiger partial charge is 0.335 e. The van der Waals surface area contributed by atoms with Crippen LogP contribution in [0.15, 0.2) is 72.8 Å². The van der Waals surface area contributed by atoms with Crippen LogP contribution in [0.5, 0.6) is 5.75 Å². The van der Waals surface area contributed by atoms with Crippen LogP contribution in [0.4, 0.5) is 0 Å². The van der Waals surface area contributed by atoms with Gasteiger partial charge in [0.15, 0.2) is 0 Å². The Hall–Kier alpha value is -3.47. The second-order valence-corrected chi connectivity index (χ2v) is 9.57. The molecular formula is C28H25NO4. The van der Waals surface area contributed by atoms with Crippen molar-refractivity contribution >= 4 is 28.6 Å². The number of likely N-dealkylation sites (tertiary alicyclic amines) is 1. The molecule has 6 rings (SSSR count). The standard InChI is InChI=1S/C28H25NO4/c30-26-24-20-10-11-21(15-20)25(24)27(31)29(26)23(14-17-6-2-1-3-7-17)28(32)33-22-13-12-18-8-4-5-9-19(18)16-22/h1-9,12-13,16,20-21,23-25H,10-11,14-15H2/t20-,21-,23-,24-,25-/m0/s1. The second kappa shape index (κ2) is 7.84. The molecule has 5 atom stereocenters. The van der Waals surface area contributed by atoms with Gasteiger partial charge in [0.05, 0.1) is 11.8 Å². The molecule has 1 aliphatic heterocycles. The Bertz CT molecular complexity index is 1230. The minimum absolute atomic E-state index is 0.186. The molecule has 5 heteroatoms. The third-order valence-corrected chi connectivity index (χ3v) is 7.76. The van der Waals surface area contributed by atoms with E-state index in [1.54, 1.807) is 6.07 Å². The number of carbonyl (C=O) groups is 3. The number of amides is 2. The van der Waals surface area contributed by atoms with Crippen molar-refractivity contribution < 1.29 is 19.1 Å². The zero-order chi connectivity index (χ0) is 22.5. The average Bonchev–Trinajstić information content (AvgIpc) is 3.52. The molecule has 5 nitrogen and oxygen atoms in total. The van der Waals surface area contributed by atoms with Crippen molar-refractivity contribution in [1.82, 2.24) is 4.90 Å². The number of imide groups is 1. The Balaban J connectivity index is 1.32. The van der Waals surface area contributed by atoms with Crippen LogP contribution in [-0.2, 0) is 20.8 Å². The molecule has 3 aromatic carbocycles. The van der Waals surface area contributed by atoms with E-state index in [2.05, 4.69) is 0 Å². The number of hydrogen-bond acceptors (Lipinski definition) is 4. The molecule has 33 heavy (non-hydrogen) atoms. The van der Waals surface area contributed by atoms with Gasteiger partial charge >= 0.3 is 5.97 Å². The average molecular weight is 440 g/mol. The first-order valence-corrected chi connectivity index (χ1v) is 11.7. The number of esters is 1. The number of carbonyl (C=O) groups excluding carboxylic acids is 3. The first-order chi connectivity index (χ1) is 16.1. The van der Waals surface area contributed by atoms with Crippen molar-refractivity contribution in [1.29, 1.82) is 0 Å². The maximum Gasteiger partial charge on any atom is 0.335 e. The van der Waals surface area contributed by atoms with Crippen LogP contribution < -0.4 is 4.74 Å². The third-order valence-electron chi connectivity index (χ3n) is 7.76. The van der Waals surface area contributed by atoms with Crippen molar-refractivity contribution in [2.45, 2.75) is 31.7 Å². The van der Waals surface area contributed by atoms with E-state index in [1.807, 2.05) is 66.7 Å². The van der Waals surface area contributed by atoms with Gasteiger partial charge in [-0.15, -0.1) is 0 Å². The summed E-state index contributed by atoms with van der Waals surface area (Å²) in [5.74, 6) is -0.502. The van der Waals surface area contributed by atoms with E-state index < -0.39 is 12.0 Å². The molecule has 1 saturated heterocycles. The Morgan fingerprint density at radius 2 is 1.48 bits per heavy atom. The summed E-state index contributed by atoms with van der Waals surface area (Å²) in [4.78, 5) is 41.6. The SMILES string of the molecule is O=C(Oc1ccc2ccccc2c1)[C@H](Cc1ccccc1)N1C(=O)[C@H]2[C@H]3CC[C@@H](C3)[C@@H]2C1=O. The summed E-state index contributed by atoms with van der Waals surface area (Å²) in [6, 6.07) is 21.8. The highest BCUT2D eigenvalue weighted by Crippen LogP contribution is 2.56. The van der Waals surface area contributed by atoms with E-state index in [9.17, 15) is 14.4 Å². The summed E-state index contributed by atoms with van der Waals surface area (Å²) >= 11 is 0. The molecule has 3 fully saturated rings. The van der Waals surface area contributed by atoms with Crippen LogP contribution in [0.1, 0.15) is 24.8 Å². The maximum absolute atomic E-state index is 13.5. The van der Waals surface area contributed by atoms with E-state index in [4.69, 9.17) is 4.74 Å². The number of ether oxygens (including phenoxy) is 1. The van der Waals surface area contributed by atoms with E-state index in [1.165, 1.54) is 4.90 Å². The van der Waals surface area contributed by atoms with E-state index in [-0.39, 0.29) is 41.9 Å². The fraction of sp³-hybridized carbons (Fsp3) is 0.321. The highest BCUT2D eigenvalue weighted by atomic mass is 16.5. The fourth-order valence-electron chi connectivity index (χ4n) is 6.27. The summed E-state index contributed by atoms with van der Waals surface area (Å²) in [5.41, 5.74) is 0.888. The molecule has 0 aromatic heterocycles. The first kappa shape index (κ1) is 20.2.